The quantitative estimate of drug-likeness (QED) is 0.424. The van der Waals surface area contributed by atoms with Crippen LogP contribution in [0.4, 0.5) is 0 Å². The topological polar surface area (TPSA) is 51.2 Å². The van der Waals surface area contributed by atoms with Gasteiger partial charge in [0.15, 0.2) is 0 Å². The molecule has 2 aromatic carbocycles. The fourth-order valence-electron chi connectivity index (χ4n) is 3.62. The van der Waals surface area contributed by atoms with Crippen LogP contribution in [0.2, 0.25) is 0 Å². The Hall–Kier alpha value is -2.98. The summed E-state index contributed by atoms with van der Waals surface area (Å²) in [5.41, 5.74) is 7.18. The van der Waals surface area contributed by atoms with Gasteiger partial charge in [0.2, 0.25) is 0 Å². The smallest absolute Gasteiger partial charge is 0.338 e. The van der Waals surface area contributed by atoms with E-state index >= 15 is 0 Å². The lowest BCUT2D eigenvalue weighted by Gasteiger charge is -2.21. The molecule has 0 fully saturated rings. The van der Waals surface area contributed by atoms with E-state index in [9.17, 15) is 4.79 Å². The third-order valence-electron chi connectivity index (χ3n) is 5.36. The maximum atomic E-state index is 12.6. The van der Waals surface area contributed by atoms with Crippen LogP contribution in [-0.4, -0.2) is 17.6 Å². The van der Waals surface area contributed by atoms with Crippen molar-refractivity contribution in [3.63, 3.8) is 0 Å². The average molecular weight is 417 g/mol. The summed E-state index contributed by atoms with van der Waals surface area (Å²) in [7, 11) is 0. The van der Waals surface area contributed by atoms with Crippen molar-refractivity contribution >= 4 is 5.97 Å². The van der Waals surface area contributed by atoms with Crippen LogP contribution in [0.1, 0.15) is 65.5 Å². The first kappa shape index (κ1) is 22.7. The van der Waals surface area contributed by atoms with E-state index < -0.39 is 0 Å². The molecular weight excluding hydrogens is 384 g/mol. The van der Waals surface area contributed by atoms with Crippen molar-refractivity contribution in [3.05, 3.63) is 88.7 Å². The van der Waals surface area contributed by atoms with Crippen molar-refractivity contribution in [2.75, 3.05) is 6.61 Å². The van der Waals surface area contributed by atoms with Gasteiger partial charge in [0, 0.05) is 24.5 Å². The first-order valence-electron chi connectivity index (χ1n) is 11.0. The van der Waals surface area contributed by atoms with Crippen molar-refractivity contribution in [3.8, 4) is 11.1 Å². The minimum Gasteiger partial charge on any atom is -0.462 e. The summed E-state index contributed by atoms with van der Waals surface area (Å²) in [6, 6.07) is 18.7. The second kappa shape index (κ2) is 10.9. The highest BCUT2D eigenvalue weighted by molar-refractivity contribution is 5.91. The van der Waals surface area contributed by atoms with Crippen LogP contribution in [0.25, 0.3) is 11.1 Å². The van der Waals surface area contributed by atoms with Crippen molar-refractivity contribution in [1.82, 2.24) is 10.3 Å². The number of ether oxygens (including phenoxy) is 1. The summed E-state index contributed by atoms with van der Waals surface area (Å²) in [6.45, 7) is 9.16. The Labute approximate surface area is 185 Å². The molecule has 0 amide bonds. The van der Waals surface area contributed by atoms with Crippen molar-refractivity contribution in [1.29, 1.82) is 0 Å². The Morgan fingerprint density at radius 3 is 2.42 bits per heavy atom. The minimum atomic E-state index is -0.282. The maximum absolute atomic E-state index is 12.6. The lowest BCUT2D eigenvalue weighted by atomic mass is 9.94. The van der Waals surface area contributed by atoms with E-state index in [1.165, 1.54) is 5.56 Å². The molecule has 1 heterocycles. The molecule has 0 aliphatic heterocycles. The van der Waals surface area contributed by atoms with Gasteiger partial charge in [-0.05, 0) is 73.7 Å². The molecule has 31 heavy (non-hydrogen) atoms. The number of aryl methyl sites for hydroxylation is 2. The summed E-state index contributed by atoms with van der Waals surface area (Å²) in [5, 5.41) is 3.67. The Kier molecular flexibility index (Phi) is 7.96. The molecule has 1 unspecified atom stereocenters. The second-order valence-electron chi connectivity index (χ2n) is 7.96. The van der Waals surface area contributed by atoms with Crippen LogP contribution in [0.5, 0.6) is 0 Å². The number of benzene rings is 2. The standard InChI is InChI=1S/C27H32N2O2/c1-5-7-26(29-18-21-11-10-20(4)28-17-21)24-14-23(22-12-8-19(3)9-13-22)15-25(16-24)27(30)31-6-2/h8-17,26,29H,5-7,18H2,1-4H3. The molecule has 1 N–H and O–H groups in total. The Morgan fingerprint density at radius 2 is 1.77 bits per heavy atom. The van der Waals surface area contributed by atoms with Gasteiger partial charge < -0.3 is 10.1 Å². The minimum absolute atomic E-state index is 0.130. The van der Waals surface area contributed by atoms with Gasteiger partial charge in [-0.25, -0.2) is 4.79 Å². The zero-order valence-electron chi connectivity index (χ0n) is 18.9. The molecule has 0 saturated heterocycles. The van der Waals surface area contributed by atoms with E-state index in [4.69, 9.17) is 4.74 Å². The first-order chi connectivity index (χ1) is 15.0. The number of pyridine rings is 1. The van der Waals surface area contributed by atoms with Crippen LogP contribution in [0.3, 0.4) is 0 Å². The number of hydrogen-bond donors (Lipinski definition) is 1. The lowest BCUT2D eigenvalue weighted by Crippen LogP contribution is -2.21. The predicted octanol–water partition coefficient (Wildman–Crippen LogP) is 6.17. The van der Waals surface area contributed by atoms with E-state index in [2.05, 4.69) is 60.5 Å². The molecule has 0 aliphatic carbocycles. The number of rotatable bonds is 9. The number of nitrogens with zero attached hydrogens (tertiary/aromatic N) is 1. The highest BCUT2D eigenvalue weighted by Crippen LogP contribution is 2.28. The largest absolute Gasteiger partial charge is 0.462 e. The van der Waals surface area contributed by atoms with Crippen LogP contribution >= 0.6 is 0 Å². The Morgan fingerprint density at radius 1 is 1.00 bits per heavy atom. The van der Waals surface area contributed by atoms with Crippen LogP contribution in [0.15, 0.2) is 60.8 Å². The molecule has 0 spiro atoms. The third-order valence-corrected chi connectivity index (χ3v) is 5.36. The summed E-state index contributed by atoms with van der Waals surface area (Å²) in [5.74, 6) is -0.282. The van der Waals surface area contributed by atoms with E-state index in [1.54, 1.807) is 0 Å². The number of esters is 1. The van der Waals surface area contributed by atoms with E-state index in [0.29, 0.717) is 12.2 Å². The average Bonchev–Trinajstić information content (AvgIpc) is 2.78. The summed E-state index contributed by atoms with van der Waals surface area (Å²) >= 11 is 0. The van der Waals surface area contributed by atoms with Crippen LogP contribution in [-0.2, 0) is 11.3 Å². The summed E-state index contributed by atoms with van der Waals surface area (Å²) in [6.07, 6.45) is 3.92. The summed E-state index contributed by atoms with van der Waals surface area (Å²) < 4.78 is 5.31. The number of hydrogen-bond acceptors (Lipinski definition) is 4. The molecule has 4 nitrogen and oxygen atoms in total. The Balaban J connectivity index is 1.94. The van der Waals surface area contributed by atoms with Crippen molar-refractivity contribution < 1.29 is 9.53 Å². The lowest BCUT2D eigenvalue weighted by molar-refractivity contribution is 0.0526. The van der Waals surface area contributed by atoms with E-state index in [-0.39, 0.29) is 12.0 Å². The number of carbonyl (C=O) groups excluding carboxylic acids is 1. The zero-order valence-corrected chi connectivity index (χ0v) is 18.9. The van der Waals surface area contributed by atoms with Crippen LogP contribution < -0.4 is 5.32 Å². The van der Waals surface area contributed by atoms with Crippen LogP contribution in [0, 0.1) is 13.8 Å². The van der Waals surface area contributed by atoms with Gasteiger partial charge in [-0.2, -0.15) is 0 Å². The molecule has 0 saturated carbocycles. The van der Waals surface area contributed by atoms with Gasteiger partial charge in [0.1, 0.15) is 0 Å². The third kappa shape index (κ3) is 6.25. The van der Waals surface area contributed by atoms with Gasteiger partial charge in [0.05, 0.1) is 12.2 Å². The Bertz CT molecular complexity index is 995. The molecule has 1 atom stereocenters. The second-order valence-corrected chi connectivity index (χ2v) is 7.96. The van der Waals surface area contributed by atoms with Crippen molar-refractivity contribution in [2.45, 2.75) is 53.1 Å². The zero-order chi connectivity index (χ0) is 22.2. The van der Waals surface area contributed by atoms with Gasteiger partial charge in [0.25, 0.3) is 0 Å². The number of aromatic nitrogens is 1. The van der Waals surface area contributed by atoms with Crippen molar-refractivity contribution in [2.24, 2.45) is 0 Å². The van der Waals surface area contributed by atoms with Gasteiger partial charge in [-0.1, -0.05) is 49.2 Å². The molecule has 3 rings (SSSR count). The predicted molar refractivity (Wildman–Crippen MR) is 126 cm³/mol. The van der Waals surface area contributed by atoms with Gasteiger partial charge in [-0.3, -0.25) is 4.98 Å². The molecule has 4 heteroatoms. The fraction of sp³-hybridized carbons (Fsp3) is 0.333. The monoisotopic (exact) mass is 416 g/mol. The first-order valence-corrected chi connectivity index (χ1v) is 11.0. The summed E-state index contributed by atoms with van der Waals surface area (Å²) in [4.78, 5) is 17.0. The normalized spacial score (nSPS) is 11.9. The maximum Gasteiger partial charge on any atom is 0.338 e. The molecular formula is C27H32N2O2. The molecule has 0 aliphatic rings. The van der Waals surface area contributed by atoms with E-state index in [1.807, 2.05) is 38.2 Å². The number of carbonyl (C=O) groups is 1. The SMILES string of the molecule is CCCC(NCc1ccc(C)nc1)c1cc(C(=O)OCC)cc(-c2ccc(C)cc2)c1. The molecule has 3 aromatic rings. The molecule has 1 aromatic heterocycles. The molecule has 0 radical (unpaired) electrons. The highest BCUT2D eigenvalue weighted by Gasteiger charge is 2.16. The molecule has 162 valence electrons. The highest BCUT2D eigenvalue weighted by atomic mass is 16.5. The molecule has 0 bridgehead atoms. The van der Waals surface area contributed by atoms with Gasteiger partial charge in [-0.15, -0.1) is 0 Å². The number of nitrogens with one attached hydrogen (secondary N) is 1. The van der Waals surface area contributed by atoms with E-state index in [0.717, 1.165) is 47.3 Å². The van der Waals surface area contributed by atoms with Gasteiger partial charge >= 0.3 is 5.97 Å². The fourth-order valence-corrected chi connectivity index (χ4v) is 3.62.